The SMILES string of the molecule is O=C(NNS(=O)(=O)c1ccc(Cl)cc1)c1ccc(-c2ccc(F)cc2)s1. The summed E-state index contributed by atoms with van der Waals surface area (Å²) >= 11 is 6.89. The van der Waals surface area contributed by atoms with E-state index in [1.807, 2.05) is 4.83 Å². The highest BCUT2D eigenvalue weighted by atomic mass is 35.5. The third kappa shape index (κ3) is 4.28. The molecule has 9 heteroatoms. The Morgan fingerprint density at radius 1 is 0.962 bits per heavy atom. The number of amides is 1. The molecule has 0 aliphatic carbocycles. The van der Waals surface area contributed by atoms with E-state index in [1.54, 1.807) is 24.3 Å². The van der Waals surface area contributed by atoms with Crippen molar-refractivity contribution in [3.05, 3.63) is 76.4 Å². The van der Waals surface area contributed by atoms with Crippen LogP contribution in [0.5, 0.6) is 0 Å². The van der Waals surface area contributed by atoms with Crippen LogP contribution in [0.25, 0.3) is 10.4 Å². The molecule has 1 amide bonds. The lowest BCUT2D eigenvalue weighted by Gasteiger charge is -2.07. The zero-order valence-corrected chi connectivity index (χ0v) is 15.5. The molecule has 5 nitrogen and oxygen atoms in total. The summed E-state index contributed by atoms with van der Waals surface area (Å²) in [5.41, 5.74) is 2.93. The molecule has 0 spiro atoms. The second kappa shape index (κ2) is 7.55. The fraction of sp³-hybridized carbons (Fsp3) is 0. The first kappa shape index (κ1) is 18.5. The Labute approximate surface area is 158 Å². The Balaban J connectivity index is 1.69. The molecule has 0 bridgehead atoms. The van der Waals surface area contributed by atoms with E-state index in [9.17, 15) is 17.6 Å². The van der Waals surface area contributed by atoms with Crippen LogP contribution in [0, 0.1) is 5.82 Å². The minimum Gasteiger partial charge on any atom is -0.273 e. The van der Waals surface area contributed by atoms with Gasteiger partial charge in [0.2, 0.25) is 0 Å². The highest BCUT2D eigenvalue weighted by Crippen LogP contribution is 2.28. The van der Waals surface area contributed by atoms with Gasteiger partial charge in [0.05, 0.1) is 9.77 Å². The van der Waals surface area contributed by atoms with E-state index in [0.717, 1.165) is 21.8 Å². The van der Waals surface area contributed by atoms with Crippen LogP contribution in [0.3, 0.4) is 0 Å². The molecule has 134 valence electrons. The van der Waals surface area contributed by atoms with E-state index >= 15 is 0 Å². The monoisotopic (exact) mass is 410 g/mol. The number of halogens is 2. The molecule has 3 aromatic rings. The number of hydrogen-bond donors (Lipinski definition) is 2. The Hall–Kier alpha value is -2.26. The van der Waals surface area contributed by atoms with Gasteiger partial charge >= 0.3 is 0 Å². The van der Waals surface area contributed by atoms with Gasteiger partial charge < -0.3 is 0 Å². The smallest absolute Gasteiger partial charge is 0.273 e. The normalized spacial score (nSPS) is 11.3. The standard InChI is InChI=1S/C17H12ClFN2O3S2/c18-12-3-7-14(8-4-12)26(23,24)21-20-17(22)16-10-9-15(25-16)11-1-5-13(19)6-2-11/h1-10,21H,(H,20,22). The van der Waals surface area contributed by atoms with E-state index in [0.29, 0.717) is 9.90 Å². The van der Waals surface area contributed by atoms with Gasteiger partial charge in [-0.3, -0.25) is 10.2 Å². The predicted molar refractivity (Wildman–Crippen MR) is 99.0 cm³/mol. The average molecular weight is 411 g/mol. The topological polar surface area (TPSA) is 75.3 Å². The molecule has 0 radical (unpaired) electrons. The minimum atomic E-state index is -3.91. The highest BCUT2D eigenvalue weighted by molar-refractivity contribution is 7.89. The van der Waals surface area contributed by atoms with Crippen LogP contribution in [0.1, 0.15) is 9.67 Å². The lowest BCUT2D eigenvalue weighted by molar-refractivity contribution is 0.0949. The first-order valence-electron chi connectivity index (χ1n) is 7.29. The lowest BCUT2D eigenvalue weighted by Crippen LogP contribution is -2.41. The van der Waals surface area contributed by atoms with Crippen molar-refractivity contribution >= 4 is 38.9 Å². The number of hydrogen-bond acceptors (Lipinski definition) is 4. The van der Waals surface area contributed by atoms with Crippen molar-refractivity contribution in [1.29, 1.82) is 0 Å². The predicted octanol–water partition coefficient (Wildman–Crippen LogP) is 3.83. The molecule has 26 heavy (non-hydrogen) atoms. The van der Waals surface area contributed by atoms with Gasteiger partial charge in [0.25, 0.3) is 15.9 Å². The van der Waals surface area contributed by atoms with Crippen molar-refractivity contribution in [2.45, 2.75) is 4.90 Å². The van der Waals surface area contributed by atoms with Gasteiger partial charge in [0, 0.05) is 9.90 Å². The van der Waals surface area contributed by atoms with Gasteiger partial charge in [-0.1, -0.05) is 23.7 Å². The van der Waals surface area contributed by atoms with E-state index < -0.39 is 15.9 Å². The molecule has 0 saturated heterocycles. The number of carbonyl (C=O) groups excluding carboxylic acids is 1. The van der Waals surface area contributed by atoms with Crippen LogP contribution in [-0.2, 0) is 10.0 Å². The van der Waals surface area contributed by atoms with E-state index in [1.165, 1.54) is 36.4 Å². The Morgan fingerprint density at radius 2 is 1.62 bits per heavy atom. The summed E-state index contributed by atoms with van der Waals surface area (Å²) in [5.74, 6) is -0.944. The molecule has 1 heterocycles. The third-order valence-corrected chi connectivity index (χ3v) is 6.03. The second-order valence-electron chi connectivity index (χ2n) is 5.18. The molecule has 0 aliphatic rings. The molecule has 1 aromatic heterocycles. The minimum absolute atomic E-state index is 0.0274. The van der Waals surface area contributed by atoms with Crippen LogP contribution >= 0.6 is 22.9 Å². The third-order valence-electron chi connectivity index (χ3n) is 3.38. The summed E-state index contributed by atoms with van der Waals surface area (Å²) in [5, 5.41) is 0.403. The molecular weight excluding hydrogens is 399 g/mol. The molecule has 0 aliphatic heterocycles. The van der Waals surface area contributed by atoms with Crippen LogP contribution in [-0.4, -0.2) is 14.3 Å². The van der Waals surface area contributed by atoms with Crippen LogP contribution in [0.15, 0.2) is 65.6 Å². The van der Waals surface area contributed by atoms with Crippen molar-refractivity contribution < 1.29 is 17.6 Å². The van der Waals surface area contributed by atoms with Crippen molar-refractivity contribution in [3.8, 4) is 10.4 Å². The van der Waals surface area contributed by atoms with Gasteiger partial charge in [-0.2, -0.15) is 0 Å². The molecule has 2 N–H and O–H groups in total. The van der Waals surface area contributed by atoms with E-state index in [4.69, 9.17) is 11.6 Å². The van der Waals surface area contributed by atoms with E-state index in [-0.39, 0.29) is 10.7 Å². The van der Waals surface area contributed by atoms with Crippen molar-refractivity contribution in [2.24, 2.45) is 0 Å². The first-order chi connectivity index (χ1) is 12.3. The number of nitrogens with one attached hydrogen (secondary N) is 2. The largest absolute Gasteiger partial charge is 0.276 e. The van der Waals surface area contributed by atoms with Crippen LogP contribution < -0.4 is 10.3 Å². The maximum absolute atomic E-state index is 13.0. The second-order valence-corrected chi connectivity index (χ2v) is 8.39. The number of hydrazine groups is 1. The lowest BCUT2D eigenvalue weighted by atomic mass is 10.2. The van der Waals surface area contributed by atoms with Crippen molar-refractivity contribution in [3.63, 3.8) is 0 Å². The van der Waals surface area contributed by atoms with Gasteiger partial charge in [-0.25, -0.2) is 12.8 Å². The zero-order chi connectivity index (χ0) is 18.7. The Morgan fingerprint density at radius 3 is 2.27 bits per heavy atom. The van der Waals surface area contributed by atoms with Crippen molar-refractivity contribution in [2.75, 3.05) is 0 Å². The summed E-state index contributed by atoms with van der Waals surface area (Å²) < 4.78 is 37.3. The number of benzene rings is 2. The molecule has 2 aromatic carbocycles. The number of rotatable bonds is 5. The van der Waals surface area contributed by atoms with Gasteiger partial charge in [-0.05, 0) is 54.1 Å². The Kier molecular flexibility index (Phi) is 5.38. The molecule has 0 atom stereocenters. The summed E-state index contributed by atoms with van der Waals surface area (Å²) in [7, 11) is -3.91. The number of sulfonamides is 1. The van der Waals surface area contributed by atoms with Gasteiger partial charge in [0.15, 0.2) is 0 Å². The molecule has 0 unspecified atom stereocenters. The number of carbonyl (C=O) groups is 1. The number of thiophene rings is 1. The summed E-state index contributed by atoms with van der Waals surface area (Å²) in [6.45, 7) is 0. The zero-order valence-electron chi connectivity index (χ0n) is 13.1. The quantitative estimate of drug-likeness (QED) is 0.627. The summed E-state index contributed by atoms with van der Waals surface area (Å²) in [6.07, 6.45) is 0. The molecular formula is C17H12ClFN2O3S2. The van der Waals surface area contributed by atoms with Crippen LogP contribution in [0.2, 0.25) is 5.02 Å². The average Bonchev–Trinajstić information content (AvgIpc) is 3.11. The maximum Gasteiger partial charge on any atom is 0.276 e. The van der Waals surface area contributed by atoms with E-state index in [2.05, 4.69) is 5.43 Å². The molecule has 0 saturated carbocycles. The summed E-state index contributed by atoms with van der Waals surface area (Å²) in [4.78, 5) is 15.2. The molecule has 3 rings (SSSR count). The first-order valence-corrected chi connectivity index (χ1v) is 9.96. The highest BCUT2D eigenvalue weighted by Gasteiger charge is 2.17. The van der Waals surface area contributed by atoms with Crippen LogP contribution in [0.4, 0.5) is 4.39 Å². The maximum atomic E-state index is 13.0. The van der Waals surface area contributed by atoms with Crippen molar-refractivity contribution in [1.82, 2.24) is 10.3 Å². The fourth-order valence-corrected chi connectivity index (χ4v) is 3.95. The van der Waals surface area contributed by atoms with Gasteiger partial charge in [-0.15, -0.1) is 16.2 Å². The summed E-state index contributed by atoms with van der Waals surface area (Å²) in [6, 6.07) is 14.7. The Bertz CT molecular complexity index is 1030. The fourth-order valence-electron chi connectivity index (χ4n) is 2.08. The van der Waals surface area contributed by atoms with Gasteiger partial charge in [0.1, 0.15) is 5.82 Å². The molecule has 0 fully saturated rings.